The second kappa shape index (κ2) is 10.2. The predicted molar refractivity (Wildman–Crippen MR) is 36.2 cm³/mol. The fourth-order valence-corrected chi connectivity index (χ4v) is 0.692. The summed E-state index contributed by atoms with van der Waals surface area (Å²) < 4.78 is 28.8. The van der Waals surface area contributed by atoms with Crippen molar-refractivity contribution in [1.82, 2.24) is 0 Å². The first-order chi connectivity index (χ1) is 6.45. The van der Waals surface area contributed by atoms with Crippen LogP contribution in [-0.2, 0) is 4.79 Å². The van der Waals surface area contributed by atoms with Crippen LogP contribution in [0.5, 0.6) is 0 Å². The molecule has 0 aliphatic rings. The van der Waals surface area contributed by atoms with Gasteiger partial charge in [-0.1, -0.05) is 0 Å². The third-order valence-corrected chi connectivity index (χ3v) is 1.29. The van der Waals surface area contributed by atoms with Crippen molar-refractivity contribution in [2.75, 3.05) is 13.2 Å². The van der Waals surface area contributed by atoms with E-state index >= 15 is 0 Å². The molecule has 0 rings (SSSR count). The van der Waals surface area contributed by atoms with Gasteiger partial charge in [-0.05, 0) is 12.8 Å². The lowest BCUT2D eigenvalue weighted by atomic mass is 10.0. The number of aliphatic carboxylic acids is 1. The summed E-state index contributed by atoms with van der Waals surface area (Å²) in [6, 6.07) is 0. The maximum Gasteiger partial charge on any atom is 0.232 e. The molecule has 0 heterocycles. The number of hydrogen-bond donors (Lipinski definition) is 3. The average molecular weight is 219 g/mol. The highest BCUT2D eigenvalue weighted by atomic mass is 19.5. The Morgan fingerprint density at radius 1 is 1.21 bits per heavy atom. The van der Waals surface area contributed by atoms with Gasteiger partial charge < -0.3 is 20.1 Å². The summed E-state index contributed by atoms with van der Waals surface area (Å²) in [5.41, 5.74) is -3.08. The zero-order valence-electron chi connectivity index (χ0n) is 7.25. The van der Waals surface area contributed by atoms with Gasteiger partial charge in [0, 0.05) is 25.1 Å². The molecule has 0 aromatic rings. The van der Waals surface area contributed by atoms with Crippen molar-refractivity contribution < 1.29 is 39.1 Å². The number of aliphatic hydroxyl groups excluding tert-OH is 2. The van der Waals surface area contributed by atoms with Gasteiger partial charge in [-0.15, -0.1) is 0 Å². The SMILES string of the molecule is F[NH+](F)F.O=C([O-])C(CCO)CCO. The van der Waals surface area contributed by atoms with Crippen LogP contribution in [0.2, 0.25) is 0 Å². The van der Waals surface area contributed by atoms with Gasteiger partial charge in [0.1, 0.15) is 0 Å². The van der Waals surface area contributed by atoms with Gasteiger partial charge in [0.25, 0.3) is 0 Å². The standard InChI is InChI=1S/C6H12O4.F3HN/c7-3-1-5(2-4-8)6(9)10;1-4(2)3/h5,7-8H,1-4H2,(H,9,10);4H/q;+1/p-1. The first kappa shape index (κ1) is 15.6. The van der Waals surface area contributed by atoms with Crippen molar-refractivity contribution in [1.29, 1.82) is 0 Å². The summed E-state index contributed by atoms with van der Waals surface area (Å²) in [5.74, 6) is -1.92. The van der Waals surface area contributed by atoms with Crippen molar-refractivity contribution >= 4 is 5.97 Å². The maximum atomic E-state index is 10.1. The summed E-state index contributed by atoms with van der Waals surface area (Å²) >= 11 is 0. The van der Waals surface area contributed by atoms with Crippen molar-refractivity contribution in [2.24, 2.45) is 5.92 Å². The van der Waals surface area contributed by atoms with Gasteiger partial charge in [0.05, 0.1) is 13.4 Å². The average Bonchev–Trinajstić information content (AvgIpc) is 2.02. The minimum Gasteiger partial charge on any atom is -0.550 e. The topological polar surface area (TPSA) is 85.0 Å². The molecule has 0 bridgehead atoms. The second-order valence-corrected chi connectivity index (χ2v) is 2.25. The number of carbonyl (C=O) groups excluding carboxylic acids is 1. The minimum absolute atomic E-state index is 0.156. The van der Waals surface area contributed by atoms with E-state index in [0.717, 1.165) is 0 Å². The monoisotopic (exact) mass is 219 g/mol. The fourth-order valence-electron chi connectivity index (χ4n) is 0.692. The Bertz CT molecular complexity index is 138. The van der Waals surface area contributed by atoms with Crippen LogP contribution < -0.4 is 10.7 Å². The van der Waals surface area contributed by atoms with Crippen LogP contribution >= 0.6 is 0 Å². The molecule has 5 nitrogen and oxygen atoms in total. The van der Waals surface area contributed by atoms with Gasteiger partial charge in [-0.25, -0.2) is 0 Å². The molecule has 86 valence electrons. The predicted octanol–water partition coefficient (Wildman–Crippen LogP) is -2.36. The van der Waals surface area contributed by atoms with E-state index in [1.54, 1.807) is 0 Å². The quantitative estimate of drug-likeness (QED) is 0.452. The van der Waals surface area contributed by atoms with Gasteiger partial charge in [0.2, 0.25) is 5.57 Å². The van der Waals surface area contributed by atoms with E-state index in [9.17, 15) is 23.3 Å². The molecule has 0 aliphatic carbocycles. The van der Waals surface area contributed by atoms with Crippen LogP contribution in [0.1, 0.15) is 12.8 Å². The Hall–Kier alpha value is -0.860. The second-order valence-electron chi connectivity index (χ2n) is 2.25. The molecule has 0 saturated carbocycles. The number of carbonyl (C=O) groups is 1. The zero-order chi connectivity index (χ0) is 11.6. The largest absolute Gasteiger partial charge is 0.550 e. The fraction of sp³-hybridized carbons (Fsp3) is 0.833. The Labute approximate surface area is 78.2 Å². The van der Waals surface area contributed by atoms with E-state index in [1.165, 1.54) is 0 Å². The number of nitrogens with one attached hydrogen (secondary N) is 1. The lowest BCUT2D eigenvalue weighted by molar-refractivity contribution is -1.26. The Morgan fingerprint density at radius 3 is 1.64 bits per heavy atom. The first-order valence-corrected chi connectivity index (χ1v) is 3.71. The van der Waals surface area contributed by atoms with Crippen molar-refractivity contribution in [3.63, 3.8) is 0 Å². The van der Waals surface area contributed by atoms with Crippen molar-refractivity contribution in [3.8, 4) is 0 Å². The Kier molecular flexibility index (Phi) is 11.4. The van der Waals surface area contributed by atoms with E-state index in [4.69, 9.17) is 10.2 Å². The molecule has 0 radical (unpaired) electrons. The van der Waals surface area contributed by atoms with Crippen LogP contribution in [-0.4, -0.2) is 29.4 Å². The number of carboxylic acid groups (broad SMARTS) is 1. The lowest BCUT2D eigenvalue weighted by Gasteiger charge is -2.14. The zero-order valence-corrected chi connectivity index (χ0v) is 7.25. The molecule has 8 heteroatoms. The van der Waals surface area contributed by atoms with E-state index in [0.29, 0.717) is 0 Å². The highest BCUT2D eigenvalue weighted by Gasteiger charge is 2.07. The normalized spacial score (nSPS) is 9.93. The molecule has 0 amide bonds. The number of rotatable bonds is 5. The van der Waals surface area contributed by atoms with Gasteiger partial charge in [-0.3, -0.25) is 0 Å². The lowest BCUT2D eigenvalue weighted by Crippen LogP contribution is -2.86. The number of carboxylic acids is 1. The summed E-state index contributed by atoms with van der Waals surface area (Å²) in [6.07, 6.45) is 0.311. The van der Waals surface area contributed by atoms with Gasteiger partial charge in [0.15, 0.2) is 0 Å². The van der Waals surface area contributed by atoms with Gasteiger partial charge in [-0.2, -0.15) is 0 Å². The maximum absolute atomic E-state index is 10.1. The van der Waals surface area contributed by atoms with E-state index in [1.807, 2.05) is 0 Å². The molecular formula is C6H12F3NO4. The molecule has 14 heavy (non-hydrogen) atoms. The molecule has 0 atom stereocenters. The molecule has 0 aromatic heterocycles. The smallest absolute Gasteiger partial charge is 0.232 e. The molecule has 0 aromatic carbocycles. The number of hydrogen-bond acceptors (Lipinski definition) is 4. The van der Waals surface area contributed by atoms with Crippen LogP contribution in [0.15, 0.2) is 0 Å². The van der Waals surface area contributed by atoms with Crippen LogP contribution in [0.3, 0.4) is 0 Å². The number of quaternary nitrogens is 1. The van der Waals surface area contributed by atoms with Crippen LogP contribution in [0.4, 0.5) is 13.4 Å². The number of aliphatic hydroxyl groups is 2. The summed E-state index contributed by atoms with van der Waals surface area (Å²) in [4.78, 5) is 10.1. The molecule has 0 unspecified atom stereocenters. The third kappa shape index (κ3) is 13.7. The van der Waals surface area contributed by atoms with E-state index in [2.05, 4.69) is 0 Å². The van der Waals surface area contributed by atoms with Crippen LogP contribution in [0.25, 0.3) is 0 Å². The van der Waals surface area contributed by atoms with E-state index in [-0.39, 0.29) is 26.1 Å². The molecule has 3 N–H and O–H groups in total. The molecule has 0 aliphatic heterocycles. The highest BCUT2D eigenvalue weighted by molar-refractivity contribution is 5.67. The van der Waals surface area contributed by atoms with Gasteiger partial charge >= 0.3 is 0 Å². The molecule has 0 spiro atoms. The van der Waals surface area contributed by atoms with Crippen molar-refractivity contribution in [2.45, 2.75) is 12.8 Å². The van der Waals surface area contributed by atoms with E-state index < -0.39 is 17.5 Å². The van der Waals surface area contributed by atoms with Crippen LogP contribution in [0, 0.1) is 5.92 Å². The summed E-state index contributed by atoms with van der Waals surface area (Å²) in [5, 5.41) is 26.8. The summed E-state index contributed by atoms with van der Waals surface area (Å²) in [6.45, 7) is -0.364. The van der Waals surface area contributed by atoms with Crippen molar-refractivity contribution in [3.05, 3.63) is 0 Å². The number of halogens is 3. The highest BCUT2D eigenvalue weighted by Crippen LogP contribution is 2.05. The first-order valence-electron chi connectivity index (χ1n) is 3.71. The molecular weight excluding hydrogens is 207 g/mol. The molecule has 0 saturated heterocycles. The Balaban J connectivity index is 0. The minimum atomic E-state index is -3.08. The molecule has 0 fully saturated rings. The summed E-state index contributed by atoms with van der Waals surface area (Å²) in [7, 11) is 0. The Morgan fingerprint density at radius 2 is 1.50 bits per heavy atom. The third-order valence-electron chi connectivity index (χ3n) is 1.29.